The predicted octanol–water partition coefficient (Wildman–Crippen LogP) is 3.47. The molecule has 0 radical (unpaired) electrons. The largest absolute Gasteiger partial charge is 0.493 e. The van der Waals surface area contributed by atoms with Gasteiger partial charge in [-0.15, -0.1) is 0 Å². The Hall–Kier alpha value is -3.01. The molecule has 0 spiro atoms. The Morgan fingerprint density at radius 2 is 2.00 bits per heavy atom. The van der Waals surface area contributed by atoms with Gasteiger partial charge in [0.2, 0.25) is 5.91 Å². The zero-order valence-corrected chi connectivity index (χ0v) is 22.0. The van der Waals surface area contributed by atoms with Gasteiger partial charge in [-0.2, -0.15) is 0 Å². The molecular formula is C29H37N3O6. The molecule has 2 fully saturated rings. The van der Waals surface area contributed by atoms with Gasteiger partial charge >= 0.3 is 5.97 Å². The Bertz CT molecular complexity index is 1110. The quantitative estimate of drug-likeness (QED) is 0.478. The zero-order chi connectivity index (χ0) is 26.5. The van der Waals surface area contributed by atoms with Crippen molar-refractivity contribution >= 4 is 17.6 Å². The molecule has 1 N–H and O–H groups in total. The van der Waals surface area contributed by atoms with Gasteiger partial charge < -0.3 is 24.2 Å². The van der Waals surface area contributed by atoms with Gasteiger partial charge in [0.1, 0.15) is 5.75 Å². The fourth-order valence-electron chi connectivity index (χ4n) is 5.99. The maximum absolute atomic E-state index is 13.7. The number of likely N-dealkylation sites (tertiary alicyclic amines) is 1. The number of benzene rings is 1. The Labute approximate surface area is 223 Å². The molecule has 2 aromatic rings. The van der Waals surface area contributed by atoms with E-state index in [9.17, 15) is 14.7 Å². The maximum Gasteiger partial charge on any atom is 0.308 e. The van der Waals surface area contributed by atoms with E-state index in [0.717, 1.165) is 41.8 Å². The van der Waals surface area contributed by atoms with Crippen LogP contribution in [0.1, 0.15) is 49.7 Å². The van der Waals surface area contributed by atoms with Gasteiger partial charge in [0.15, 0.2) is 6.29 Å². The third-order valence-corrected chi connectivity index (χ3v) is 7.90. The maximum atomic E-state index is 13.7. The molecule has 1 aromatic heterocycles. The summed E-state index contributed by atoms with van der Waals surface area (Å²) in [7, 11) is 0. The van der Waals surface area contributed by atoms with Crippen LogP contribution >= 0.6 is 0 Å². The SMILES string of the molecule is CCCCN(C(=O)CN1C[C@H](c2ccc3c(c2)CCO3)[C@@H](C(=O)O)[C@@H]1CCC1OCCO1)c1cccnc1. The molecule has 1 aromatic carbocycles. The predicted molar refractivity (Wildman–Crippen MR) is 141 cm³/mol. The first-order valence-electron chi connectivity index (χ1n) is 13.7. The van der Waals surface area contributed by atoms with Gasteiger partial charge in [-0.05, 0) is 48.6 Å². The first-order valence-corrected chi connectivity index (χ1v) is 13.7. The summed E-state index contributed by atoms with van der Waals surface area (Å²) in [5.74, 6) is -0.885. The second kappa shape index (κ2) is 12.2. The van der Waals surface area contributed by atoms with Gasteiger partial charge in [0, 0.05) is 37.7 Å². The highest BCUT2D eigenvalue weighted by Crippen LogP contribution is 2.41. The molecular weight excluding hydrogens is 486 g/mol. The van der Waals surface area contributed by atoms with E-state index in [1.54, 1.807) is 17.3 Å². The topological polar surface area (TPSA) is 101 Å². The van der Waals surface area contributed by atoms with Crippen molar-refractivity contribution in [3.63, 3.8) is 0 Å². The van der Waals surface area contributed by atoms with Gasteiger partial charge in [-0.25, -0.2) is 0 Å². The summed E-state index contributed by atoms with van der Waals surface area (Å²) >= 11 is 0. The molecule has 204 valence electrons. The van der Waals surface area contributed by atoms with E-state index in [-0.39, 0.29) is 30.7 Å². The molecule has 3 aliphatic rings. The second-order valence-corrected chi connectivity index (χ2v) is 10.3. The van der Waals surface area contributed by atoms with Crippen LogP contribution in [-0.4, -0.2) is 78.7 Å². The number of ether oxygens (including phenoxy) is 3. The molecule has 5 rings (SSSR count). The van der Waals surface area contributed by atoms with Gasteiger partial charge in [-0.3, -0.25) is 19.5 Å². The van der Waals surface area contributed by atoms with Crippen molar-refractivity contribution in [2.24, 2.45) is 5.92 Å². The fraction of sp³-hybridized carbons (Fsp3) is 0.552. The van der Waals surface area contributed by atoms with Gasteiger partial charge in [-0.1, -0.05) is 25.5 Å². The number of aromatic nitrogens is 1. The number of carboxylic acids is 1. The standard InChI is InChI=1S/C29H37N3O6/c1-2-3-12-32(22-5-4-11-30-17-22)26(33)19-31-18-23(20-6-8-25-21(16-20)10-13-36-25)28(29(34)35)24(31)7-9-27-37-14-15-38-27/h4-6,8,11,16-17,23-24,27-28H,2-3,7,9-10,12-15,18-19H2,1H3,(H,34,35)/t23-,24+,28-/m1/s1. The summed E-state index contributed by atoms with van der Waals surface area (Å²) in [5.41, 5.74) is 2.87. The van der Waals surface area contributed by atoms with Crippen LogP contribution < -0.4 is 9.64 Å². The van der Waals surface area contributed by atoms with Crippen LogP contribution in [0.15, 0.2) is 42.7 Å². The molecule has 0 unspecified atom stereocenters. The average Bonchev–Trinajstić information content (AvgIpc) is 3.68. The third-order valence-electron chi connectivity index (χ3n) is 7.90. The van der Waals surface area contributed by atoms with E-state index in [1.807, 2.05) is 24.3 Å². The molecule has 4 heterocycles. The monoisotopic (exact) mass is 523 g/mol. The lowest BCUT2D eigenvalue weighted by molar-refractivity contribution is -0.143. The van der Waals surface area contributed by atoms with Gasteiger partial charge in [0.25, 0.3) is 0 Å². The first kappa shape index (κ1) is 26.6. The number of rotatable bonds is 11. The molecule has 9 heteroatoms. The number of hydrogen-bond acceptors (Lipinski definition) is 7. The third kappa shape index (κ3) is 5.85. The van der Waals surface area contributed by atoms with Crippen molar-refractivity contribution < 1.29 is 28.9 Å². The van der Waals surface area contributed by atoms with E-state index >= 15 is 0 Å². The van der Waals surface area contributed by atoms with Gasteiger partial charge in [0.05, 0.1) is 44.2 Å². The summed E-state index contributed by atoms with van der Waals surface area (Å²) in [4.78, 5) is 34.5. The number of pyridine rings is 1. The number of nitrogens with zero attached hydrogens (tertiary/aromatic N) is 3. The highest BCUT2D eigenvalue weighted by molar-refractivity contribution is 5.94. The molecule has 3 aliphatic heterocycles. The highest BCUT2D eigenvalue weighted by Gasteiger charge is 2.47. The van der Waals surface area contributed by atoms with Crippen LogP contribution in [0.25, 0.3) is 0 Å². The molecule has 2 saturated heterocycles. The molecule has 38 heavy (non-hydrogen) atoms. The van der Waals surface area contributed by atoms with Crippen LogP contribution in [0.2, 0.25) is 0 Å². The summed E-state index contributed by atoms with van der Waals surface area (Å²) in [5, 5.41) is 10.4. The summed E-state index contributed by atoms with van der Waals surface area (Å²) in [6, 6.07) is 9.44. The average molecular weight is 524 g/mol. The lowest BCUT2D eigenvalue weighted by Crippen LogP contribution is -2.44. The number of anilines is 1. The van der Waals surface area contributed by atoms with Crippen LogP contribution in [0.5, 0.6) is 5.75 Å². The minimum atomic E-state index is -0.838. The number of hydrogen-bond donors (Lipinski definition) is 1. The minimum Gasteiger partial charge on any atom is -0.493 e. The van der Waals surface area contributed by atoms with Crippen LogP contribution in [0, 0.1) is 5.92 Å². The van der Waals surface area contributed by atoms with Crippen molar-refractivity contribution in [3.8, 4) is 5.75 Å². The van der Waals surface area contributed by atoms with Crippen LogP contribution in [0.3, 0.4) is 0 Å². The van der Waals surface area contributed by atoms with E-state index in [0.29, 0.717) is 45.8 Å². The number of aliphatic carboxylic acids is 1. The van der Waals surface area contributed by atoms with Crippen molar-refractivity contribution in [1.29, 1.82) is 0 Å². The molecule has 0 bridgehead atoms. The number of amides is 1. The Morgan fingerprint density at radius 1 is 1.16 bits per heavy atom. The molecule has 3 atom stereocenters. The summed E-state index contributed by atoms with van der Waals surface area (Å²) in [6.07, 6.45) is 6.90. The highest BCUT2D eigenvalue weighted by atomic mass is 16.7. The zero-order valence-electron chi connectivity index (χ0n) is 22.0. The number of carbonyl (C=O) groups excluding carboxylic acids is 1. The summed E-state index contributed by atoms with van der Waals surface area (Å²) < 4.78 is 17.0. The smallest absolute Gasteiger partial charge is 0.308 e. The van der Waals surface area contributed by atoms with Crippen molar-refractivity contribution in [3.05, 3.63) is 53.9 Å². The summed E-state index contributed by atoms with van der Waals surface area (Å²) in [6.45, 7) is 5.09. The van der Waals surface area contributed by atoms with E-state index in [2.05, 4.69) is 22.9 Å². The molecule has 9 nitrogen and oxygen atoms in total. The minimum absolute atomic E-state index is 0.0445. The van der Waals surface area contributed by atoms with Crippen LogP contribution in [0.4, 0.5) is 5.69 Å². The fourth-order valence-corrected chi connectivity index (χ4v) is 5.99. The molecule has 1 amide bonds. The normalized spacial score (nSPS) is 23.3. The molecule has 0 saturated carbocycles. The van der Waals surface area contributed by atoms with E-state index in [4.69, 9.17) is 14.2 Å². The van der Waals surface area contributed by atoms with Crippen molar-refractivity contribution in [1.82, 2.24) is 9.88 Å². The number of carboxylic acid groups (broad SMARTS) is 1. The number of carbonyl (C=O) groups is 2. The van der Waals surface area contributed by atoms with E-state index in [1.165, 1.54) is 0 Å². The van der Waals surface area contributed by atoms with Crippen LogP contribution in [-0.2, 0) is 25.5 Å². The lowest BCUT2D eigenvalue weighted by atomic mass is 9.83. The number of unbranched alkanes of at least 4 members (excludes halogenated alkanes) is 1. The van der Waals surface area contributed by atoms with Crippen molar-refractivity contribution in [2.75, 3.05) is 44.4 Å². The first-order chi connectivity index (χ1) is 18.5. The Balaban J connectivity index is 1.41. The second-order valence-electron chi connectivity index (χ2n) is 10.3. The molecule has 0 aliphatic carbocycles. The Morgan fingerprint density at radius 3 is 2.74 bits per heavy atom. The van der Waals surface area contributed by atoms with Crippen molar-refractivity contribution in [2.45, 2.75) is 57.3 Å². The Kier molecular flexibility index (Phi) is 8.56. The van der Waals surface area contributed by atoms with E-state index < -0.39 is 11.9 Å². The number of fused-ring (bicyclic) bond motifs is 1. The lowest BCUT2D eigenvalue weighted by Gasteiger charge is -2.30.